The van der Waals surface area contributed by atoms with Gasteiger partial charge in [0.2, 0.25) is 0 Å². The Labute approximate surface area is 179 Å². The van der Waals surface area contributed by atoms with Crippen molar-refractivity contribution in [1.29, 1.82) is 0 Å². The van der Waals surface area contributed by atoms with Crippen molar-refractivity contribution in [3.05, 3.63) is 108 Å². The number of nitrogens with zero attached hydrogens (tertiary/aromatic N) is 2. The fourth-order valence-electron chi connectivity index (χ4n) is 3.54. The minimum absolute atomic E-state index is 0.711. The molecule has 1 aliphatic rings. The number of benzene rings is 3. The number of aryl methyl sites for hydroxylation is 2. The van der Waals surface area contributed by atoms with Crippen molar-refractivity contribution in [3.8, 4) is 5.75 Å². The minimum atomic E-state index is 0.711. The van der Waals surface area contributed by atoms with Crippen molar-refractivity contribution >= 4 is 12.0 Å². The lowest BCUT2D eigenvalue weighted by atomic mass is 10.0. The van der Waals surface area contributed by atoms with Crippen LogP contribution in [0.15, 0.2) is 96.0 Å². The molecule has 3 heteroatoms. The largest absolute Gasteiger partial charge is 0.494 e. The average Bonchev–Trinajstić information content (AvgIpc) is 2.83. The van der Waals surface area contributed by atoms with Gasteiger partial charge in [0.15, 0.2) is 0 Å². The maximum Gasteiger partial charge on any atom is 0.119 e. The summed E-state index contributed by atoms with van der Waals surface area (Å²) in [5.74, 6) is 0.942. The van der Waals surface area contributed by atoms with Crippen molar-refractivity contribution in [2.75, 3.05) is 19.7 Å². The summed E-state index contributed by atoms with van der Waals surface area (Å²) >= 11 is 0. The van der Waals surface area contributed by atoms with Gasteiger partial charge in [-0.25, -0.2) is 4.99 Å². The van der Waals surface area contributed by atoms with E-state index >= 15 is 0 Å². The molecule has 3 aromatic carbocycles. The molecule has 4 rings (SSSR count). The third-order valence-corrected chi connectivity index (χ3v) is 5.28. The summed E-state index contributed by atoms with van der Waals surface area (Å²) in [6.45, 7) is 2.55. The second kappa shape index (κ2) is 10.4. The van der Waals surface area contributed by atoms with Crippen LogP contribution in [0.2, 0.25) is 0 Å². The molecule has 30 heavy (non-hydrogen) atoms. The van der Waals surface area contributed by atoms with Gasteiger partial charge in [0.1, 0.15) is 5.75 Å². The highest BCUT2D eigenvalue weighted by atomic mass is 16.5. The highest BCUT2D eigenvalue weighted by Crippen LogP contribution is 2.18. The van der Waals surface area contributed by atoms with Crippen LogP contribution in [0.4, 0.5) is 0 Å². The Morgan fingerprint density at radius 1 is 0.767 bits per heavy atom. The van der Waals surface area contributed by atoms with Gasteiger partial charge in [-0.2, -0.15) is 0 Å². The van der Waals surface area contributed by atoms with Gasteiger partial charge in [-0.05, 0) is 54.2 Å². The lowest BCUT2D eigenvalue weighted by molar-refractivity contribution is 0.292. The third-order valence-electron chi connectivity index (χ3n) is 5.28. The van der Waals surface area contributed by atoms with Crippen LogP contribution in [0.3, 0.4) is 0 Å². The second-order valence-corrected chi connectivity index (χ2v) is 7.53. The van der Waals surface area contributed by atoms with E-state index in [0.29, 0.717) is 6.61 Å². The molecular weight excluding hydrogens is 368 g/mol. The molecule has 0 N–H and O–H groups in total. The van der Waals surface area contributed by atoms with E-state index in [1.807, 2.05) is 24.5 Å². The van der Waals surface area contributed by atoms with Gasteiger partial charge in [0, 0.05) is 13.1 Å². The van der Waals surface area contributed by atoms with Gasteiger partial charge in [0.25, 0.3) is 0 Å². The van der Waals surface area contributed by atoms with Crippen molar-refractivity contribution in [2.45, 2.75) is 19.3 Å². The predicted octanol–water partition coefficient (Wildman–Crippen LogP) is 5.63. The van der Waals surface area contributed by atoms with E-state index in [1.54, 1.807) is 0 Å². The summed E-state index contributed by atoms with van der Waals surface area (Å²) in [6, 6.07) is 29.4. The first-order valence-corrected chi connectivity index (χ1v) is 10.7. The fourth-order valence-corrected chi connectivity index (χ4v) is 3.54. The normalized spacial score (nSPS) is 13.2. The Morgan fingerprint density at radius 3 is 2.10 bits per heavy atom. The third kappa shape index (κ3) is 5.84. The number of ether oxygens (including phenoxy) is 1. The van der Waals surface area contributed by atoms with Gasteiger partial charge in [-0.1, -0.05) is 72.8 Å². The number of rotatable bonds is 9. The number of hydrogen-bond acceptors (Lipinski definition) is 3. The van der Waals surface area contributed by atoms with E-state index in [-0.39, 0.29) is 0 Å². The van der Waals surface area contributed by atoms with Crippen LogP contribution in [0, 0.1) is 0 Å². The molecule has 0 unspecified atom stereocenters. The highest BCUT2D eigenvalue weighted by molar-refractivity contribution is 5.75. The SMILES string of the molecule is C1=NC(c2ccccc2)=CCN1CCCOc1ccc(CCc2ccccc2)cc1. The smallest absolute Gasteiger partial charge is 0.119 e. The summed E-state index contributed by atoms with van der Waals surface area (Å²) in [5.41, 5.74) is 4.95. The van der Waals surface area contributed by atoms with Crippen LogP contribution in [-0.4, -0.2) is 30.9 Å². The molecule has 0 spiro atoms. The molecule has 0 fully saturated rings. The van der Waals surface area contributed by atoms with Crippen LogP contribution in [0.5, 0.6) is 5.75 Å². The minimum Gasteiger partial charge on any atom is -0.494 e. The van der Waals surface area contributed by atoms with Gasteiger partial charge < -0.3 is 9.64 Å². The van der Waals surface area contributed by atoms with Gasteiger partial charge in [-0.15, -0.1) is 0 Å². The Hall–Kier alpha value is -3.33. The van der Waals surface area contributed by atoms with Crippen molar-refractivity contribution in [1.82, 2.24) is 4.90 Å². The second-order valence-electron chi connectivity index (χ2n) is 7.53. The average molecular weight is 397 g/mol. The Bertz CT molecular complexity index is 963. The van der Waals surface area contributed by atoms with E-state index in [0.717, 1.165) is 43.8 Å². The predicted molar refractivity (Wildman–Crippen MR) is 125 cm³/mol. The molecule has 0 aromatic heterocycles. The first kappa shape index (κ1) is 20.0. The molecule has 0 amide bonds. The molecule has 3 nitrogen and oxygen atoms in total. The highest BCUT2D eigenvalue weighted by Gasteiger charge is 2.07. The van der Waals surface area contributed by atoms with Crippen molar-refractivity contribution < 1.29 is 4.74 Å². The van der Waals surface area contributed by atoms with E-state index in [1.165, 1.54) is 16.7 Å². The molecule has 0 atom stereocenters. The van der Waals surface area contributed by atoms with Crippen LogP contribution in [-0.2, 0) is 12.8 Å². The van der Waals surface area contributed by atoms with Crippen LogP contribution in [0.25, 0.3) is 5.70 Å². The number of hydrogen-bond donors (Lipinski definition) is 0. The first-order valence-electron chi connectivity index (χ1n) is 10.7. The topological polar surface area (TPSA) is 24.8 Å². The van der Waals surface area contributed by atoms with E-state index < -0.39 is 0 Å². The molecule has 152 valence electrons. The number of aliphatic imine (C=N–C) groups is 1. The quantitative estimate of drug-likeness (QED) is 0.438. The Kier molecular flexibility index (Phi) is 6.95. The summed E-state index contributed by atoms with van der Waals surface area (Å²) in [7, 11) is 0. The van der Waals surface area contributed by atoms with E-state index in [2.05, 4.69) is 82.7 Å². The zero-order chi connectivity index (χ0) is 20.4. The molecule has 0 saturated carbocycles. The van der Waals surface area contributed by atoms with Crippen LogP contribution in [0.1, 0.15) is 23.1 Å². The van der Waals surface area contributed by atoms with Crippen molar-refractivity contribution in [3.63, 3.8) is 0 Å². The van der Waals surface area contributed by atoms with Crippen molar-refractivity contribution in [2.24, 2.45) is 4.99 Å². The fraction of sp³-hybridized carbons (Fsp3) is 0.222. The maximum absolute atomic E-state index is 5.92. The lowest BCUT2D eigenvalue weighted by Gasteiger charge is -2.21. The van der Waals surface area contributed by atoms with Crippen LogP contribution >= 0.6 is 0 Å². The molecule has 0 aliphatic carbocycles. The molecule has 0 radical (unpaired) electrons. The maximum atomic E-state index is 5.92. The molecule has 0 saturated heterocycles. The van der Waals surface area contributed by atoms with E-state index in [4.69, 9.17) is 4.74 Å². The van der Waals surface area contributed by atoms with Gasteiger partial charge >= 0.3 is 0 Å². The molecular formula is C27H28N2O. The van der Waals surface area contributed by atoms with Crippen LogP contribution < -0.4 is 4.74 Å². The summed E-state index contributed by atoms with van der Waals surface area (Å²) in [5, 5.41) is 0. The monoisotopic (exact) mass is 396 g/mol. The Morgan fingerprint density at radius 2 is 1.43 bits per heavy atom. The van der Waals surface area contributed by atoms with Gasteiger partial charge in [0.05, 0.1) is 18.6 Å². The Balaban J connectivity index is 1.15. The van der Waals surface area contributed by atoms with E-state index in [9.17, 15) is 0 Å². The zero-order valence-corrected chi connectivity index (χ0v) is 17.3. The molecule has 3 aromatic rings. The summed E-state index contributed by atoms with van der Waals surface area (Å²) in [6.07, 6.45) is 7.22. The molecule has 1 heterocycles. The standard InChI is InChI=1S/C27H28N2O/c1-3-8-23(9-4-1)12-13-24-14-16-26(17-15-24)30-21-7-19-29-20-18-27(28-22-29)25-10-5-2-6-11-25/h1-6,8-11,14-18,22H,7,12-13,19-21H2. The summed E-state index contributed by atoms with van der Waals surface area (Å²) < 4.78 is 5.92. The lowest BCUT2D eigenvalue weighted by Crippen LogP contribution is -2.26. The van der Waals surface area contributed by atoms with Gasteiger partial charge in [-0.3, -0.25) is 0 Å². The summed E-state index contributed by atoms with van der Waals surface area (Å²) in [4.78, 5) is 6.81. The zero-order valence-electron chi connectivity index (χ0n) is 17.3. The first-order chi connectivity index (χ1) is 14.9. The molecule has 1 aliphatic heterocycles. The molecule has 0 bridgehead atoms.